The molecule has 69 heavy (non-hydrogen) atoms. The van der Waals surface area contributed by atoms with E-state index in [1.807, 2.05) is 182 Å². The van der Waals surface area contributed by atoms with Gasteiger partial charge in [-0.1, -0.05) is 206 Å². The summed E-state index contributed by atoms with van der Waals surface area (Å²) in [4.78, 5) is 36.8. The molecule has 0 spiro atoms. The fraction of sp³-hybridized carbons (Fsp3) is 0. The SMILES string of the molecule is Brc1ccc(-c2nc(-c3ccccc3)nc3ccccc23)cc1.Brc1ccc(-c2nc(-c3ccccc3)nc3cccnc23)cc1.C=Cc1c(N=C)nc(-c2ccccc2)nc1-c1ccc(Br)cc1. The molecule has 11 aromatic rings. The molecule has 7 aromatic carbocycles. The molecule has 0 amide bonds. The van der Waals surface area contributed by atoms with E-state index in [1.54, 1.807) is 12.3 Å². The molecule has 0 atom stereocenters. The molecule has 0 aliphatic heterocycles. The Bertz CT molecular complexity index is 3380. The standard InChI is InChI=1S/C20H13BrN2.C19H12BrN3.C19H14BrN3/c21-16-12-10-14(11-13-16)19-17-8-4-5-9-18(17)22-20(23-19)15-6-2-1-3-7-15;20-15-10-8-13(9-11-15)17-18-16(7-4-12-21-18)22-19(23-17)14-5-2-1-3-6-14;1-3-16-17(13-9-11-15(20)12-10-13)22-18(23-19(16)21-2)14-7-5-4-6-8-14/h1-13H;1-12H;3-12H,1-2H2. The smallest absolute Gasteiger partial charge is 0.163 e. The molecule has 0 bridgehead atoms. The van der Waals surface area contributed by atoms with Crippen LogP contribution in [0.25, 0.3) is 95.9 Å². The minimum Gasteiger partial charge on any atom is -0.252 e. The van der Waals surface area contributed by atoms with Gasteiger partial charge in [0.15, 0.2) is 23.3 Å². The van der Waals surface area contributed by atoms with Crippen LogP contribution in [0.5, 0.6) is 0 Å². The lowest BCUT2D eigenvalue weighted by Gasteiger charge is -2.11. The Morgan fingerprint density at radius 1 is 0.377 bits per heavy atom. The second kappa shape index (κ2) is 21.9. The van der Waals surface area contributed by atoms with Crippen LogP contribution in [-0.4, -0.2) is 41.6 Å². The van der Waals surface area contributed by atoms with Gasteiger partial charge in [0.1, 0.15) is 11.2 Å². The second-order valence-corrected chi connectivity index (χ2v) is 18.0. The Hall–Kier alpha value is -7.70. The summed E-state index contributed by atoms with van der Waals surface area (Å²) in [6.07, 6.45) is 3.49. The normalized spacial score (nSPS) is 10.7. The molecule has 4 aromatic heterocycles. The maximum Gasteiger partial charge on any atom is 0.163 e. The number of fused-ring (bicyclic) bond motifs is 2. The van der Waals surface area contributed by atoms with Gasteiger partial charge in [-0.25, -0.2) is 34.9 Å². The highest BCUT2D eigenvalue weighted by Crippen LogP contribution is 2.34. The minimum atomic E-state index is 0.534. The third-order valence-corrected chi connectivity index (χ3v) is 12.4. The molecular weight excluding hydrogens is 1050 g/mol. The Kier molecular flexibility index (Phi) is 14.8. The van der Waals surface area contributed by atoms with E-state index in [0.717, 1.165) is 97.2 Å². The number of hydrogen-bond acceptors (Lipinski definition) is 8. The highest BCUT2D eigenvalue weighted by Gasteiger charge is 2.16. The Labute approximate surface area is 425 Å². The number of nitrogens with zero attached hydrogens (tertiary/aromatic N) is 8. The van der Waals surface area contributed by atoms with E-state index in [0.29, 0.717) is 17.5 Å². The zero-order valence-corrected chi connectivity index (χ0v) is 41.6. The molecule has 0 saturated heterocycles. The van der Waals surface area contributed by atoms with Gasteiger partial charge in [0, 0.05) is 63.9 Å². The van der Waals surface area contributed by atoms with Crippen molar-refractivity contribution in [2.75, 3.05) is 0 Å². The first-order valence-electron chi connectivity index (χ1n) is 21.7. The molecule has 0 unspecified atom stereocenters. The maximum atomic E-state index is 4.84. The summed E-state index contributed by atoms with van der Waals surface area (Å²) in [5, 5.41) is 1.06. The number of aromatic nitrogens is 7. The molecular formula is C58H39Br3N8. The Morgan fingerprint density at radius 2 is 0.783 bits per heavy atom. The molecule has 0 aliphatic carbocycles. The molecule has 0 radical (unpaired) electrons. The molecule has 332 valence electrons. The van der Waals surface area contributed by atoms with Crippen LogP contribution in [0.4, 0.5) is 5.82 Å². The first kappa shape index (κ1) is 46.4. The number of para-hydroxylation sites is 1. The first-order chi connectivity index (χ1) is 33.8. The van der Waals surface area contributed by atoms with Crippen LogP contribution in [0.2, 0.25) is 0 Å². The first-order valence-corrected chi connectivity index (χ1v) is 24.1. The van der Waals surface area contributed by atoms with E-state index in [4.69, 9.17) is 19.9 Å². The van der Waals surface area contributed by atoms with Gasteiger partial charge in [0.2, 0.25) is 0 Å². The third kappa shape index (κ3) is 11.0. The summed E-state index contributed by atoms with van der Waals surface area (Å²) in [6, 6.07) is 66.2. The average molecular weight is 1090 g/mol. The van der Waals surface area contributed by atoms with E-state index in [2.05, 4.69) is 99.2 Å². The summed E-state index contributed by atoms with van der Waals surface area (Å²) in [5.41, 5.74) is 12.1. The Morgan fingerprint density at radius 3 is 1.29 bits per heavy atom. The zero-order valence-electron chi connectivity index (χ0n) is 36.8. The summed E-state index contributed by atoms with van der Waals surface area (Å²) >= 11 is 10.4. The van der Waals surface area contributed by atoms with Crippen molar-refractivity contribution >= 4 is 88.3 Å². The van der Waals surface area contributed by atoms with E-state index in [9.17, 15) is 0 Å². The fourth-order valence-corrected chi connectivity index (χ4v) is 8.22. The molecule has 0 fully saturated rings. The molecule has 11 rings (SSSR count). The predicted octanol–water partition coefficient (Wildman–Crippen LogP) is 16.4. The summed E-state index contributed by atoms with van der Waals surface area (Å²) < 4.78 is 3.11. The van der Waals surface area contributed by atoms with Crippen molar-refractivity contribution in [2.24, 2.45) is 4.99 Å². The third-order valence-electron chi connectivity index (χ3n) is 10.8. The van der Waals surface area contributed by atoms with Crippen molar-refractivity contribution < 1.29 is 0 Å². The van der Waals surface area contributed by atoms with Crippen molar-refractivity contribution in [3.63, 3.8) is 0 Å². The number of hydrogen-bond donors (Lipinski definition) is 0. The predicted molar refractivity (Wildman–Crippen MR) is 294 cm³/mol. The van der Waals surface area contributed by atoms with E-state index >= 15 is 0 Å². The average Bonchev–Trinajstić information content (AvgIpc) is 3.41. The van der Waals surface area contributed by atoms with E-state index in [1.165, 1.54) is 0 Å². The van der Waals surface area contributed by atoms with Crippen LogP contribution < -0.4 is 0 Å². The fourth-order valence-electron chi connectivity index (χ4n) is 7.42. The van der Waals surface area contributed by atoms with Crippen LogP contribution in [0, 0.1) is 0 Å². The lowest BCUT2D eigenvalue weighted by molar-refractivity contribution is 1.16. The van der Waals surface area contributed by atoms with Gasteiger partial charge < -0.3 is 0 Å². The molecule has 0 aliphatic rings. The van der Waals surface area contributed by atoms with Crippen LogP contribution >= 0.6 is 47.8 Å². The quantitative estimate of drug-likeness (QED) is 0.140. The Balaban J connectivity index is 0.000000129. The van der Waals surface area contributed by atoms with E-state index < -0.39 is 0 Å². The molecule has 11 heteroatoms. The molecule has 4 heterocycles. The zero-order chi connectivity index (χ0) is 47.5. The number of pyridine rings is 1. The maximum absolute atomic E-state index is 4.84. The lowest BCUT2D eigenvalue weighted by atomic mass is 10.1. The van der Waals surface area contributed by atoms with Crippen molar-refractivity contribution in [3.8, 4) is 67.9 Å². The number of benzene rings is 7. The summed E-state index contributed by atoms with van der Waals surface area (Å²) in [5.74, 6) is 2.62. The molecule has 0 N–H and O–H groups in total. The largest absolute Gasteiger partial charge is 0.252 e. The van der Waals surface area contributed by atoms with Gasteiger partial charge in [-0.15, -0.1) is 0 Å². The topological polar surface area (TPSA) is 103 Å². The number of rotatable bonds is 8. The van der Waals surface area contributed by atoms with E-state index in [-0.39, 0.29) is 0 Å². The van der Waals surface area contributed by atoms with Crippen molar-refractivity contribution in [1.82, 2.24) is 34.9 Å². The van der Waals surface area contributed by atoms with Gasteiger partial charge in [-0.05, 0) is 61.3 Å². The lowest BCUT2D eigenvalue weighted by Crippen LogP contribution is -1.96. The van der Waals surface area contributed by atoms with Gasteiger partial charge >= 0.3 is 0 Å². The second-order valence-electron chi connectivity index (χ2n) is 15.3. The van der Waals surface area contributed by atoms with Crippen LogP contribution in [0.3, 0.4) is 0 Å². The number of aliphatic imine (C=N–C) groups is 1. The number of halogens is 3. The summed E-state index contributed by atoms with van der Waals surface area (Å²) in [7, 11) is 0. The van der Waals surface area contributed by atoms with Gasteiger partial charge in [-0.2, -0.15) is 0 Å². The van der Waals surface area contributed by atoms with Gasteiger partial charge in [-0.3, -0.25) is 4.98 Å². The highest BCUT2D eigenvalue weighted by atomic mass is 79.9. The highest BCUT2D eigenvalue weighted by molar-refractivity contribution is 9.11. The monoisotopic (exact) mass is 1080 g/mol. The van der Waals surface area contributed by atoms with Gasteiger partial charge in [0.25, 0.3) is 0 Å². The van der Waals surface area contributed by atoms with Crippen LogP contribution in [-0.2, 0) is 0 Å². The summed E-state index contributed by atoms with van der Waals surface area (Å²) in [6.45, 7) is 7.50. The van der Waals surface area contributed by atoms with Crippen molar-refractivity contribution in [1.29, 1.82) is 0 Å². The molecule has 8 nitrogen and oxygen atoms in total. The van der Waals surface area contributed by atoms with Crippen molar-refractivity contribution in [2.45, 2.75) is 0 Å². The molecule has 0 saturated carbocycles. The van der Waals surface area contributed by atoms with Gasteiger partial charge in [0.05, 0.1) is 22.4 Å². The van der Waals surface area contributed by atoms with Crippen LogP contribution in [0.1, 0.15) is 5.56 Å². The van der Waals surface area contributed by atoms with Crippen LogP contribution in [0.15, 0.2) is 231 Å². The van der Waals surface area contributed by atoms with Crippen molar-refractivity contribution in [3.05, 3.63) is 232 Å². The minimum absolute atomic E-state index is 0.534.